The summed E-state index contributed by atoms with van der Waals surface area (Å²) in [7, 11) is 0. The molecule has 1 aliphatic rings. The van der Waals surface area contributed by atoms with Crippen molar-refractivity contribution in [1.29, 1.82) is 0 Å². The number of nitro groups is 1. The van der Waals surface area contributed by atoms with Gasteiger partial charge in [-0.3, -0.25) is 15.0 Å². The molecule has 3 rings (SSSR count). The molecule has 0 radical (unpaired) electrons. The van der Waals surface area contributed by atoms with Crippen molar-refractivity contribution in [1.82, 2.24) is 14.9 Å². The van der Waals surface area contributed by atoms with Crippen molar-refractivity contribution in [2.24, 2.45) is 0 Å². The number of nitro benzene ring substituents is 1. The minimum absolute atomic E-state index is 0.133. The molecule has 1 saturated heterocycles. The number of aryl methyl sites for hydroxylation is 1. The minimum Gasteiger partial charge on any atom is -0.350 e. The van der Waals surface area contributed by atoms with E-state index in [2.05, 4.69) is 20.2 Å². The van der Waals surface area contributed by atoms with Crippen LogP contribution in [-0.2, 0) is 6.54 Å². The Kier molecular flexibility index (Phi) is 5.00. The highest BCUT2D eigenvalue weighted by Crippen LogP contribution is 2.18. The Morgan fingerprint density at radius 2 is 2.12 bits per heavy atom. The monoisotopic (exact) mass is 327 g/mol. The maximum atomic E-state index is 10.7. The van der Waals surface area contributed by atoms with E-state index in [1.54, 1.807) is 18.3 Å². The maximum absolute atomic E-state index is 10.7. The molecule has 24 heavy (non-hydrogen) atoms. The Labute approximate surface area is 140 Å². The van der Waals surface area contributed by atoms with Gasteiger partial charge in [0.25, 0.3) is 5.69 Å². The number of rotatable bonds is 5. The van der Waals surface area contributed by atoms with Gasteiger partial charge in [0, 0.05) is 43.2 Å². The van der Waals surface area contributed by atoms with Gasteiger partial charge in [-0.1, -0.05) is 12.1 Å². The van der Waals surface area contributed by atoms with Crippen LogP contribution in [0.1, 0.15) is 24.1 Å². The molecule has 0 amide bonds. The van der Waals surface area contributed by atoms with Gasteiger partial charge >= 0.3 is 0 Å². The van der Waals surface area contributed by atoms with Crippen molar-refractivity contribution in [3.8, 4) is 0 Å². The molecule has 0 aliphatic carbocycles. The molecule has 7 nitrogen and oxygen atoms in total. The molecule has 1 aromatic heterocycles. The van der Waals surface area contributed by atoms with Crippen LogP contribution < -0.4 is 5.32 Å². The van der Waals surface area contributed by atoms with Gasteiger partial charge in [0.15, 0.2) is 0 Å². The van der Waals surface area contributed by atoms with Gasteiger partial charge in [-0.05, 0) is 37.9 Å². The first-order chi connectivity index (χ1) is 11.6. The summed E-state index contributed by atoms with van der Waals surface area (Å²) in [6, 6.07) is 8.99. The summed E-state index contributed by atoms with van der Waals surface area (Å²) < 4.78 is 0. The molecule has 126 valence electrons. The number of likely N-dealkylation sites (tertiary alicyclic amines) is 1. The topological polar surface area (TPSA) is 84.2 Å². The van der Waals surface area contributed by atoms with E-state index >= 15 is 0 Å². The molecule has 1 aromatic carbocycles. The second-order valence-electron chi connectivity index (χ2n) is 6.16. The lowest BCUT2D eigenvalue weighted by molar-refractivity contribution is -0.384. The SMILES string of the molecule is Cc1ccnc(NC2CCCN(Cc3ccc([N+](=O)[O-])cc3)C2)n1. The third kappa shape index (κ3) is 4.26. The molecule has 2 heterocycles. The van der Waals surface area contributed by atoms with Gasteiger partial charge < -0.3 is 5.32 Å². The van der Waals surface area contributed by atoms with Gasteiger partial charge in [-0.25, -0.2) is 9.97 Å². The zero-order chi connectivity index (χ0) is 16.9. The normalized spacial score (nSPS) is 18.3. The average molecular weight is 327 g/mol. The van der Waals surface area contributed by atoms with Crippen LogP contribution in [0.25, 0.3) is 0 Å². The molecule has 0 bridgehead atoms. The Balaban J connectivity index is 1.58. The number of benzene rings is 1. The van der Waals surface area contributed by atoms with E-state index in [1.807, 2.05) is 25.1 Å². The molecule has 1 N–H and O–H groups in total. The zero-order valence-electron chi connectivity index (χ0n) is 13.7. The van der Waals surface area contributed by atoms with Gasteiger partial charge in [0.05, 0.1) is 4.92 Å². The van der Waals surface area contributed by atoms with E-state index in [9.17, 15) is 10.1 Å². The van der Waals surface area contributed by atoms with Crippen molar-refractivity contribution in [3.05, 3.63) is 57.9 Å². The third-order valence-electron chi connectivity index (χ3n) is 4.19. The quantitative estimate of drug-likeness (QED) is 0.671. The fraction of sp³-hybridized carbons (Fsp3) is 0.412. The molecule has 0 saturated carbocycles. The number of aromatic nitrogens is 2. The molecule has 7 heteroatoms. The summed E-state index contributed by atoms with van der Waals surface area (Å²) in [6.07, 6.45) is 3.96. The summed E-state index contributed by atoms with van der Waals surface area (Å²) in [5.41, 5.74) is 2.17. The first kappa shape index (κ1) is 16.3. The van der Waals surface area contributed by atoms with Crippen LogP contribution in [0, 0.1) is 17.0 Å². The van der Waals surface area contributed by atoms with Crippen LogP contribution in [0.5, 0.6) is 0 Å². The van der Waals surface area contributed by atoms with Crippen molar-refractivity contribution in [2.75, 3.05) is 18.4 Å². The first-order valence-corrected chi connectivity index (χ1v) is 8.12. The molecule has 1 unspecified atom stereocenters. The molecule has 1 fully saturated rings. The summed E-state index contributed by atoms with van der Waals surface area (Å²) in [6.45, 7) is 4.69. The molecular formula is C17H21N5O2. The molecule has 1 atom stereocenters. The first-order valence-electron chi connectivity index (χ1n) is 8.12. The van der Waals surface area contributed by atoms with Gasteiger partial charge in [0.1, 0.15) is 0 Å². The van der Waals surface area contributed by atoms with E-state index < -0.39 is 0 Å². The highest BCUT2D eigenvalue weighted by molar-refractivity contribution is 5.33. The van der Waals surface area contributed by atoms with Gasteiger partial charge in [0.2, 0.25) is 5.95 Å². The van der Waals surface area contributed by atoms with Crippen LogP contribution >= 0.6 is 0 Å². The summed E-state index contributed by atoms with van der Waals surface area (Å²) >= 11 is 0. The molecular weight excluding hydrogens is 306 g/mol. The lowest BCUT2D eigenvalue weighted by Gasteiger charge is -2.33. The van der Waals surface area contributed by atoms with E-state index in [-0.39, 0.29) is 10.6 Å². The van der Waals surface area contributed by atoms with Crippen LogP contribution in [0.15, 0.2) is 36.5 Å². The molecule has 2 aromatic rings. The smallest absolute Gasteiger partial charge is 0.269 e. The number of hydrogen-bond donors (Lipinski definition) is 1. The third-order valence-corrected chi connectivity index (χ3v) is 4.19. The van der Waals surface area contributed by atoms with Crippen LogP contribution in [0.2, 0.25) is 0 Å². The molecule has 1 aliphatic heterocycles. The number of piperidine rings is 1. The Bertz CT molecular complexity index is 704. The lowest BCUT2D eigenvalue weighted by Crippen LogP contribution is -2.41. The van der Waals surface area contributed by atoms with Crippen LogP contribution in [-0.4, -0.2) is 38.9 Å². The second kappa shape index (κ2) is 7.35. The van der Waals surface area contributed by atoms with E-state index in [4.69, 9.17) is 0 Å². The average Bonchev–Trinajstić information content (AvgIpc) is 2.56. The van der Waals surface area contributed by atoms with Crippen molar-refractivity contribution in [2.45, 2.75) is 32.4 Å². The fourth-order valence-corrected chi connectivity index (χ4v) is 3.00. The van der Waals surface area contributed by atoms with Crippen molar-refractivity contribution in [3.63, 3.8) is 0 Å². The van der Waals surface area contributed by atoms with Gasteiger partial charge in [-0.15, -0.1) is 0 Å². The van der Waals surface area contributed by atoms with E-state index in [0.29, 0.717) is 12.0 Å². The van der Waals surface area contributed by atoms with E-state index in [0.717, 1.165) is 43.7 Å². The second-order valence-corrected chi connectivity index (χ2v) is 6.16. The number of anilines is 1. The predicted molar refractivity (Wildman–Crippen MR) is 91.8 cm³/mol. The van der Waals surface area contributed by atoms with Crippen molar-refractivity contribution < 1.29 is 4.92 Å². The highest BCUT2D eigenvalue weighted by Gasteiger charge is 2.20. The lowest BCUT2D eigenvalue weighted by atomic mass is 10.0. The fourth-order valence-electron chi connectivity index (χ4n) is 3.00. The predicted octanol–water partition coefficient (Wildman–Crippen LogP) is 2.77. The minimum atomic E-state index is -0.369. The standard InChI is InChI=1S/C17H21N5O2/c1-13-8-9-18-17(19-13)20-15-3-2-10-21(12-15)11-14-4-6-16(7-5-14)22(23)24/h4-9,15H,2-3,10-12H2,1H3,(H,18,19,20). The van der Waals surface area contributed by atoms with Gasteiger partial charge in [-0.2, -0.15) is 0 Å². The van der Waals surface area contributed by atoms with Crippen LogP contribution in [0.3, 0.4) is 0 Å². The van der Waals surface area contributed by atoms with E-state index in [1.165, 1.54) is 0 Å². The Hall–Kier alpha value is -2.54. The number of nitrogens with one attached hydrogen (secondary N) is 1. The number of nitrogens with zero attached hydrogens (tertiary/aromatic N) is 4. The van der Waals surface area contributed by atoms with Crippen molar-refractivity contribution >= 4 is 11.6 Å². The number of hydrogen-bond acceptors (Lipinski definition) is 6. The number of non-ortho nitro benzene ring substituents is 1. The maximum Gasteiger partial charge on any atom is 0.269 e. The molecule has 0 spiro atoms. The summed E-state index contributed by atoms with van der Waals surface area (Å²) in [4.78, 5) is 21.4. The largest absolute Gasteiger partial charge is 0.350 e. The Morgan fingerprint density at radius 1 is 1.33 bits per heavy atom. The highest BCUT2D eigenvalue weighted by atomic mass is 16.6. The summed E-state index contributed by atoms with van der Waals surface area (Å²) in [5, 5.41) is 14.1. The summed E-state index contributed by atoms with van der Waals surface area (Å²) in [5.74, 6) is 0.678. The van der Waals surface area contributed by atoms with Crippen LogP contribution in [0.4, 0.5) is 11.6 Å². The Morgan fingerprint density at radius 3 is 2.83 bits per heavy atom. The zero-order valence-corrected chi connectivity index (χ0v) is 13.7.